The van der Waals surface area contributed by atoms with Crippen molar-refractivity contribution in [2.45, 2.75) is 52.5 Å². The normalized spacial score (nSPS) is 12.7. The van der Waals surface area contributed by atoms with E-state index in [4.69, 9.17) is 14.5 Å². The van der Waals surface area contributed by atoms with Gasteiger partial charge in [-0.3, -0.25) is 9.56 Å². The largest absolute Gasteiger partial charge is 0.493 e. The first-order chi connectivity index (χ1) is 14.7. The van der Waals surface area contributed by atoms with Gasteiger partial charge in [0.25, 0.3) is 0 Å². The molecule has 0 saturated carbocycles. The number of fused-ring (bicyclic) bond motifs is 3. The molecule has 0 bridgehead atoms. The molecule has 0 saturated heterocycles. The summed E-state index contributed by atoms with van der Waals surface area (Å²) < 4.78 is 13.1. The molecule has 6 nitrogen and oxygen atoms in total. The topological polar surface area (TPSA) is 61.5 Å². The first-order valence-electron chi connectivity index (χ1n) is 10.5. The number of ether oxygens (including phenoxy) is 2. The Morgan fingerprint density at radius 2 is 1.87 bits per heavy atom. The van der Waals surface area contributed by atoms with Crippen LogP contribution >= 0.6 is 11.3 Å². The molecule has 30 heavy (non-hydrogen) atoms. The van der Waals surface area contributed by atoms with E-state index in [2.05, 4.69) is 27.8 Å². The molecule has 0 aliphatic carbocycles. The third kappa shape index (κ3) is 3.86. The number of rotatable bonds is 8. The molecule has 3 aromatic rings. The maximum Gasteiger partial charge on any atom is 0.161 e. The van der Waals surface area contributed by atoms with Crippen LogP contribution in [0.1, 0.15) is 60.3 Å². The monoisotopic (exact) mass is 424 g/mol. The van der Waals surface area contributed by atoms with Crippen LogP contribution in [0.25, 0.3) is 5.00 Å². The average Bonchev–Trinajstić information content (AvgIpc) is 3.30. The minimum atomic E-state index is 0.498. The number of thiophene rings is 1. The number of hydrogen-bond donors (Lipinski definition) is 0. The van der Waals surface area contributed by atoms with Crippen molar-refractivity contribution in [3.05, 3.63) is 51.9 Å². The lowest BCUT2D eigenvalue weighted by atomic mass is 10.0. The zero-order chi connectivity index (χ0) is 21.1. The molecule has 0 N–H and O–H groups in total. The van der Waals surface area contributed by atoms with Crippen LogP contribution in [0.15, 0.2) is 29.3 Å². The van der Waals surface area contributed by atoms with E-state index in [1.54, 1.807) is 14.2 Å². The first kappa shape index (κ1) is 20.6. The summed E-state index contributed by atoms with van der Waals surface area (Å²) in [5.41, 5.74) is 3.12. The number of nitrogens with zero attached hydrogens (tertiary/aromatic N) is 4. The van der Waals surface area contributed by atoms with Gasteiger partial charge in [-0.1, -0.05) is 26.2 Å². The molecule has 7 heteroatoms. The Morgan fingerprint density at radius 1 is 1.03 bits per heavy atom. The molecule has 0 radical (unpaired) electrons. The van der Waals surface area contributed by atoms with Crippen molar-refractivity contribution in [1.82, 2.24) is 14.8 Å². The Hall–Kier alpha value is -2.67. The molecular formula is C23H28N4O2S. The van der Waals surface area contributed by atoms with Crippen molar-refractivity contribution in [1.29, 1.82) is 0 Å². The van der Waals surface area contributed by atoms with Crippen LogP contribution in [-0.4, -0.2) is 34.7 Å². The van der Waals surface area contributed by atoms with E-state index in [1.165, 1.54) is 30.6 Å². The van der Waals surface area contributed by atoms with E-state index in [1.807, 2.05) is 36.5 Å². The number of hydrogen-bond acceptors (Lipinski definition) is 6. The van der Waals surface area contributed by atoms with Crippen molar-refractivity contribution in [3.8, 4) is 16.5 Å². The zero-order valence-corrected chi connectivity index (χ0v) is 18.9. The minimum Gasteiger partial charge on any atom is -0.493 e. The number of aromatic nitrogens is 3. The van der Waals surface area contributed by atoms with E-state index in [-0.39, 0.29) is 0 Å². The van der Waals surface area contributed by atoms with Gasteiger partial charge in [-0.05, 0) is 44.0 Å². The standard InChI is InChI=1S/C23H28N4O2S/c1-5-6-7-8-9-17-13-18-22(16-10-11-19(28-3)20(12-16)29-4)24-14-21-26-25-15(2)27(21)23(18)30-17/h10-13H,5-9,14H2,1-4H3. The third-order valence-electron chi connectivity index (χ3n) is 5.43. The molecule has 158 valence electrons. The van der Waals surface area contributed by atoms with Gasteiger partial charge in [-0.25, -0.2) is 0 Å². The minimum absolute atomic E-state index is 0.498. The zero-order valence-electron chi connectivity index (χ0n) is 18.1. The summed E-state index contributed by atoms with van der Waals surface area (Å²) in [6, 6.07) is 8.28. The summed E-state index contributed by atoms with van der Waals surface area (Å²) >= 11 is 1.83. The number of benzene rings is 1. The van der Waals surface area contributed by atoms with Crippen LogP contribution in [-0.2, 0) is 13.0 Å². The Balaban J connectivity index is 1.77. The molecule has 2 aromatic heterocycles. The second kappa shape index (κ2) is 9.00. The summed E-state index contributed by atoms with van der Waals surface area (Å²) in [5, 5.41) is 9.82. The Labute approximate surface area is 181 Å². The summed E-state index contributed by atoms with van der Waals surface area (Å²) in [4.78, 5) is 6.33. The molecule has 0 fully saturated rings. The van der Waals surface area contributed by atoms with Gasteiger partial charge < -0.3 is 9.47 Å². The molecule has 1 aliphatic heterocycles. The summed E-state index contributed by atoms with van der Waals surface area (Å²) in [6.07, 6.45) is 6.11. The predicted molar refractivity (Wildman–Crippen MR) is 121 cm³/mol. The van der Waals surface area contributed by atoms with E-state index in [0.29, 0.717) is 18.0 Å². The summed E-state index contributed by atoms with van der Waals surface area (Å²) in [6.45, 7) is 4.75. The van der Waals surface area contributed by atoms with E-state index in [0.717, 1.165) is 39.9 Å². The molecule has 3 heterocycles. The van der Waals surface area contributed by atoms with Crippen molar-refractivity contribution in [3.63, 3.8) is 0 Å². The molecular weight excluding hydrogens is 396 g/mol. The van der Waals surface area contributed by atoms with Crippen LogP contribution in [0.5, 0.6) is 11.5 Å². The summed E-state index contributed by atoms with van der Waals surface area (Å²) in [5.74, 6) is 3.19. The quantitative estimate of drug-likeness (QED) is 0.471. The van der Waals surface area contributed by atoms with E-state index in [9.17, 15) is 0 Å². The molecule has 1 aliphatic rings. The van der Waals surface area contributed by atoms with Crippen LogP contribution in [0.2, 0.25) is 0 Å². The van der Waals surface area contributed by atoms with Crippen LogP contribution < -0.4 is 9.47 Å². The highest BCUT2D eigenvalue weighted by atomic mass is 32.1. The smallest absolute Gasteiger partial charge is 0.161 e. The van der Waals surface area contributed by atoms with Crippen molar-refractivity contribution >= 4 is 17.0 Å². The van der Waals surface area contributed by atoms with Gasteiger partial charge in [0.1, 0.15) is 17.4 Å². The summed E-state index contributed by atoms with van der Waals surface area (Å²) in [7, 11) is 3.31. The molecule has 0 amide bonds. The van der Waals surface area contributed by atoms with Gasteiger partial charge in [-0.2, -0.15) is 0 Å². The van der Waals surface area contributed by atoms with Gasteiger partial charge in [0.05, 0.1) is 19.9 Å². The fourth-order valence-electron chi connectivity index (χ4n) is 3.85. The van der Waals surface area contributed by atoms with Crippen LogP contribution in [0.3, 0.4) is 0 Å². The highest BCUT2D eigenvalue weighted by Crippen LogP contribution is 2.35. The number of aryl methyl sites for hydroxylation is 2. The average molecular weight is 425 g/mol. The maximum atomic E-state index is 5.53. The highest BCUT2D eigenvalue weighted by molar-refractivity contribution is 7.15. The number of unbranched alkanes of at least 4 members (excludes halogenated alkanes) is 3. The van der Waals surface area contributed by atoms with E-state index < -0.39 is 0 Å². The second-order valence-electron chi connectivity index (χ2n) is 7.48. The third-order valence-corrected chi connectivity index (χ3v) is 6.61. The lowest BCUT2D eigenvalue weighted by molar-refractivity contribution is 0.355. The van der Waals surface area contributed by atoms with Gasteiger partial charge >= 0.3 is 0 Å². The first-order valence-corrected chi connectivity index (χ1v) is 11.3. The predicted octanol–water partition coefficient (Wildman–Crippen LogP) is 5.13. The molecule has 0 spiro atoms. The second-order valence-corrected chi connectivity index (χ2v) is 8.59. The Kier molecular flexibility index (Phi) is 6.18. The van der Waals surface area contributed by atoms with E-state index >= 15 is 0 Å². The van der Waals surface area contributed by atoms with Crippen molar-refractivity contribution < 1.29 is 9.47 Å². The Morgan fingerprint density at radius 3 is 2.63 bits per heavy atom. The highest BCUT2D eigenvalue weighted by Gasteiger charge is 2.25. The lowest BCUT2D eigenvalue weighted by Crippen LogP contribution is -2.06. The number of methoxy groups -OCH3 is 2. The SMILES string of the molecule is CCCCCCc1cc2c(s1)-n1c(C)nnc1CN=C2c1ccc(OC)c(OC)c1. The van der Waals surface area contributed by atoms with Gasteiger partial charge in [-0.15, -0.1) is 21.5 Å². The van der Waals surface area contributed by atoms with Gasteiger partial charge in [0, 0.05) is 16.0 Å². The van der Waals surface area contributed by atoms with Crippen molar-refractivity contribution in [2.24, 2.45) is 4.99 Å². The fraction of sp³-hybridized carbons (Fsp3) is 0.435. The Bertz CT molecular complexity index is 1070. The lowest BCUT2D eigenvalue weighted by Gasteiger charge is -2.11. The molecule has 1 aromatic carbocycles. The van der Waals surface area contributed by atoms with Crippen LogP contribution in [0, 0.1) is 6.92 Å². The maximum absolute atomic E-state index is 5.53. The van der Waals surface area contributed by atoms with Crippen LogP contribution in [0.4, 0.5) is 0 Å². The fourth-order valence-corrected chi connectivity index (χ4v) is 5.12. The molecule has 0 unspecified atom stereocenters. The molecule has 4 rings (SSSR count). The number of aliphatic imine (C=N–C) groups is 1. The van der Waals surface area contributed by atoms with Gasteiger partial charge in [0.2, 0.25) is 0 Å². The molecule has 0 atom stereocenters. The van der Waals surface area contributed by atoms with Gasteiger partial charge in [0.15, 0.2) is 17.3 Å². The van der Waals surface area contributed by atoms with Crippen molar-refractivity contribution in [2.75, 3.05) is 14.2 Å².